The first-order valence-electron chi connectivity index (χ1n) is 8.91. The van der Waals surface area contributed by atoms with Gasteiger partial charge in [0.1, 0.15) is 0 Å². The standard InChI is InChI=1S/C20H27N3O2/c1-4-5-11-18-15(2)22-23(16(18)3)20(25)13-12-19(24)21-14-17-9-7-6-8-10-17/h6-10H,4-5,11-14H2,1-3H3,(H,21,24). The third kappa shape index (κ3) is 5.28. The van der Waals surface area contributed by atoms with E-state index in [1.165, 1.54) is 4.68 Å². The van der Waals surface area contributed by atoms with E-state index < -0.39 is 0 Å². The van der Waals surface area contributed by atoms with E-state index in [1.807, 2.05) is 44.2 Å². The summed E-state index contributed by atoms with van der Waals surface area (Å²) in [6.07, 6.45) is 3.48. The fourth-order valence-corrected chi connectivity index (χ4v) is 2.84. The van der Waals surface area contributed by atoms with E-state index in [4.69, 9.17) is 0 Å². The largest absolute Gasteiger partial charge is 0.352 e. The zero-order valence-corrected chi connectivity index (χ0v) is 15.3. The van der Waals surface area contributed by atoms with E-state index in [0.29, 0.717) is 6.54 Å². The Bertz CT molecular complexity index is 720. The SMILES string of the molecule is CCCCc1c(C)nn(C(=O)CCC(=O)NCc2ccccc2)c1C. The third-order valence-electron chi connectivity index (χ3n) is 4.36. The van der Waals surface area contributed by atoms with E-state index in [9.17, 15) is 9.59 Å². The lowest BCUT2D eigenvalue weighted by Gasteiger charge is -2.06. The molecule has 0 saturated carbocycles. The lowest BCUT2D eigenvalue weighted by molar-refractivity contribution is -0.121. The summed E-state index contributed by atoms with van der Waals surface area (Å²) in [5.74, 6) is -0.247. The Morgan fingerprint density at radius 3 is 2.52 bits per heavy atom. The van der Waals surface area contributed by atoms with E-state index >= 15 is 0 Å². The minimum Gasteiger partial charge on any atom is -0.352 e. The molecule has 0 aliphatic heterocycles. The molecule has 0 unspecified atom stereocenters. The fourth-order valence-electron chi connectivity index (χ4n) is 2.84. The molecule has 2 aromatic rings. The van der Waals surface area contributed by atoms with Gasteiger partial charge in [-0.05, 0) is 37.8 Å². The van der Waals surface area contributed by atoms with Crippen molar-refractivity contribution in [2.45, 2.75) is 59.4 Å². The molecule has 0 fully saturated rings. The van der Waals surface area contributed by atoms with Crippen LogP contribution in [0.4, 0.5) is 0 Å². The van der Waals surface area contributed by atoms with Gasteiger partial charge in [0.15, 0.2) is 0 Å². The first-order chi connectivity index (χ1) is 12.0. The van der Waals surface area contributed by atoms with Gasteiger partial charge in [0, 0.05) is 25.1 Å². The second kappa shape index (κ2) is 9.16. The molecule has 0 spiro atoms. The van der Waals surface area contributed by atoms with Crippen molar-refractivity contribution in [1.29, 1.82) is 0 Å². The molecule has 5 nitrogen and oxygen atoms in total. The average molecular weight is 341 g/mol. The minimum atomic E-state index is -0.127. The fraction of sp³-hybridized carbons (Fsp3) is 0.450. The lowest BCUT2D eigenvalue weighted by atomic mass is 10.1. The first kappa shape index (κ1) is 18.9. The van der Waals surface area contributed by atoms with Crippen molar-refractivity contribution in [2.24, 2.45) is 0 Å². The Morgan fingerprint density at radius 2 is 1.84 bits per heavy atom. The number of nitrogens with zero attached hydrogens (tertiary/aromatic N) is 2. The Kier molecular flexibility index (Phi) is 6.92. The Balaban J connectivity index is 1.86. The highest BCUT2D eigenvalue weighted by Gasteiger charge is 2.17. The van der Waals surface area contributed by atoms with Crippen LogP contribution in [0, 0.1) is 13.8 Å². The van der Waals surface area contributed by atoms with Crippen LogP contribution in [0.2, 0.25) is 0 Å². The predicted molar refractivity (Wildman–Crippen MR) is 98.5 cm³/mol. The molecule has 0 atom stereocenters. The summed E-state index contributed by atoms with van der Waals surface area (Å²) in [4.78, 5) is 24.4. The zero-order valence-electron chi connectivity index (χ0n) is 15.3. The molecule has 1 N–H and O–H groups in total. The number of carbonyl (C=O) groups excluding carboxylic acids is 2. The maximum Gasteiger partial charge on any atom is 0.247 e. The molecular weight excluding hydrogens is 314 g/mol. The van der Waals surface area contributed by atoms with Gasteiger partial charge in [-0.15, -0.1) is 0 Å². The van der Waals surface area contributed by atoms with Crippen LogP contribution in [-0.4, -0.2) is 21.6 Å². The number of nitrogens with one attached hydrogen (secondary N) is 1. The topological polar surface area (TPSA) is 64.0 Å². The minimum absolute atomic E-state index is 0.120. The van der Waals surface area contributed by atoms with E-state index in [1.54, 1.807) is 0 Å². The van der Waals surface area contributed by atoms with Gasteiger partial charge in [-0.25, -0.2) is 4.68 Å². The number of carbonyl (C=O) groups is 2. The van der Waals surface area contributed by atoms with Crippen LogP contribution in [0.1, 0.15) is 59.9 Å². The van der Waals surface area contributed by atoms with Gasteiger partial charge in [0.05, 0.1) is 5.69 Å². The number of rotatable bonds is 8. The van der Waals surface area contributed by atoms with Crippen molar-refractivity contribution in [1.82, 2.24) is 15.1 Å². The molecule has 1 aromatic heterocycles. The van der Waals surface area contributed by atoms with Crippen molar-refractivity contribution >= 4 is 11.8 Å². The number of amides is 1. The van der Waals surface area contributed by atoms with Crippen LogP contribution < -0.4 is 5.32 Å². The summed E-state index contributed by atoms with van der Waals surface area (Å²) in [6.45, 7) is 6.50. The van der Waals surface area contributed by atoms with Gasteiger partial charge in [-0.2, -0.15) is 5.10 Å². The zero-order chi connectivity index (χ0) is 18.2. The average Bonchev–Trinajstić information content (AvgIpc) is 2.91. The molecule has 0 aliphatic carbocycles. The second-order valence-corrected chi connectivity index (χ2v) is 6.32. The maximum absolute atomic E-state index is 12.4. The lowest BCUT2D eigenvalue weighted by Crippen LogP contribution is -2.24. The molecule has 1 amide bonds. The van der Waals surface area contributed by atoms with Crippen LogP contribution in [0.15, 0.2) is 30.3 Å². The number of aromatic nitrogens is 2. The smallest absolute Gasteiger partial charge is 0.247 e. The molecule has 2 rings (SSSR count). The van der Waals surface area contributed by atoms with Gasteiger partial charge >= 0.3 is 0 Å². The first-order valence-corrected chi connectivity index (χ1v) is 8.91. The number of benzene rings is 1. The van der Waals surface area contributed by atoms with Crippen LogP contribution in [0.3, 0.4) is 0 Å². The third-order valence-corrected chi connectivity index (χ3v) is 4.36. The van der Waals surface area contributed by atoms with Crippen molar-refractivity contribution < 1.29 is 9.59 Å². The van der Waals surface area contributed by atoms with Gasteiger partial charge in [0.2, 0.25) is 11.8 Å². The maximum atomic E-state index is 12.4. The van der Waals surface area contributed by atoms with Crippen LogP contribution in [0.25, 0.3) is 0 Å². The molecular formula is C20H27N3O2. The highest BCUT2D eigenvalue weighted by atomic mass is 16.2. The summed E-state index contributed by atoms with van der Waals surface area (Å²) >= 11 is 0. The summed E-state index contributed by atoms with van der Waals surface area (Å²) in [5.41, 5.74) is 4.01. The number of aryl methyl sites for hydroxylation is 1. The Morgan fingerprint density at radius 1 is 1.12 bits per heavy atom. The Hall–Kier alpha value is -2.43. The highest BCUT2D eigenvalue weighted by molar-refractivity contribution is 5.85. The van der Waals surface area contributed by atoms with E-state index in [2.05, 4.69) is 17.3 Å². The quantitative estimate of drug-likeness (QED) is 0.798. The summed E-state index contributed by atoms with van der Waals surface area (Å²) in [7, 11) is 0. The van der Waals surface area contributed by atoms with E-state index in [0.717, 1.165) is 41.8 Å². The van der Waals surface area contributed by atoms with Gasteiger partial charge in [0.25, 0.3) is 0 Å². The van der Waals surface area contributed by atoms with Crippen LogP contribution >= 0.6 is 0 Å². The van der Waals surface area contributed by atoms with Crippen molar-refractivity contribution in [3.8, 4) is 0 Å². The molecule has 25 heavy (non-hydrogen) atoms. The summed E-state index contributed by atoms with van der Waals surface area (Å²) in [6, 6.07) is 9.72. The summed E-state index contributed by atoms with van der Waals surface area (Å²) in [5, 5.41) is 7.21. The molecule has 134 valence electrons. The van der Waals surface area contributed by atoms with Crippen molar-refractivity contribution in [3.05, 3.63) is 52.8 Å². The molecule has 5 heteroatoms. The van der Waals surface area contributed by atoms with Crippen LogP contribution in [-0.2, 0) is 17.8 Å². The van der Waals surface area contributed by atoms with Crippen molar-refractivity contribution in [3.63, 3.8) is 0 Å². The molecule has 0 bridgehead atoms. The second-order valence-electron chi connectivity index (χ2n) is 6.32. The molecule has 0 saturated heterocycles. The number of hydrogen-bond donors (Lipinski definition) is 1. The van der Waals surface area contributed by atoms with Gasteiger partial charge in [-0.1, -0.05) is 43.7 Å². The van der Waals surface area contributed by atoms with Crippen molar-refractivity contribution in [2.75, 3.05) is 0 Å². The normalized spacial score (nSPS) is 10.7. The van der Waals surface area contributed by atoms with Gasteiger partial charge in [-0.3, -0.25) is 9.59 Å². The Labute approximate surface area is 149 Å². The highest BCUT2D eigenvalue weighted by Crippen LogP contribution is 2.16. The molecule has 0 aliphatic rings. The predicted octanol–water partition coefficient (Wildman–Crippen LogP) is 3.58. The molecule has 1 aromatic carbocycles. The summed E-state index contributed by atoms with van der Waals surface area (Å²) < 4.78 is 1.46. The van der Waals surface area contributed by atoms with Gasteiger partial charge < -0.3 is 5.32 Å². The van der Waals surface area contributed by atoms with Crippen LogP contribution in [0.5, 0.6) is 0 Å². The monoisotopic (exact) mass is 341 g/mol. The number of hydrogen-bond acceptors (Lipinski definition) is 3. The van der Waals surface area contributed by atoms with E-state index in [-0.39, 0.29) is 24.7 Å². The number of unbranched alkanes of at least 4 members (excludes halogenated alkanes) is 1. The molecule has 1 heterocycles. The molecule has 0 radical (unpaired) electrons.